The maximum atomic E-state index is 14.3. The number of benzene rings is 1. The summed E-state index contributed by atoms with van der Waals surface area (Å²) >= 11 is 0. The summed E-state index contributed by atoms with van der Waals surface area (Å²) in [5, 5.41) is 3.73. The van der Waals surface area contributed by atoms with Gasteiger partial charge in [0.1, 0.15) is 30.8 Å². The molecule has 1 aliphatic carbocycles. The number of alkyl halides is 2. The SMILES string of the molecule is COC(/C(C=NCC1OCC(F)(F)CO1)=N/N)c1cc(C#CC2CC2)c(F)cc1C. The van der Waals surface area contributed by atoms with Crippen LogP contribution >= 0.6 is 0 Å². The quantitative estimate of drug-likeness (QED) is 0.330. The Morgan fingerprint density at radius 3 is 2.67 bits per heavy atom. The maximum absolute atomic E-state index is 14.3. The fraction of sp³-hybridized carbons (Fsp3) is 0.524. The molecule has 0 spiro atoms. The number of ether oxygens (including phenoxy) is 3. The molecule has 1 saturated heterocycles. The second-order valence-corrected chi connectivity index (χ2v) is 7.30. The molecule has 0 radical (unpaired) electrons. The van der Waals surface area contributed by atoms with Crippen LogP contribution in [-0.4, -0.2) is 51.0 Å². The van der Waals surface area contributed by atoms with E-state index >= 15 is 0 Å². The van der Waals surface area contributed by atoms with E-state index in [2.05, 4.69) is 21.9 Å². The number of nitrogens with zero attached hydrogens (tertiary/aromatic N) is 2. The van der Waals surface area contributed by atoms with Crippen LogP contribution in [0.5, 0.6) is 0 Å². The van der Waals surface area contributed by atoms with Crippen molar-refractivity contribution in [3.8, 4) is 11.8 Å². The first-order valence-corrected chi connectivity index (χ1v) is 9.56. The van der Waals surface area contributed by atoms with Crippen molar-refractivity contribution in [1.29, 1.82) is 0 Å². The summed E-state index contributed by atoms with van der Waals surface area (Å²) in [6, 6.07) is 3.02. The van der Waals surface area contributed by atoms with Crippen LogP contribution in [0, 0.1) is 30.5 Å². The lowest BCUT2D eigenvalue weighted by molar-refractivity contribution is -0.262. The van der Waals surface area contributed by atoms with Gasteiger partial charge in [-0.05, 0) is 43.0 Å². The molecule has 0 aromatic heterocycles. The average Bonchev–Trinajstić information content (AvgIpc) is 3.53. The molecule has 1 aliphatic heterocycles. The molecule has 1 atom stereocenters. The molecule has 1 heterocycles. The Kier molecular flexibility index (Phi) is 7.13. The number of methoxy groups -OCH3 is 1. The van der Waals surface area contributed by atoms with Gasteiger partial charge < -0.3 is 20.1 Å². The second-order valence-electron chi connectivity index (χ2n) is 7.30. The third-order valence-electron chi connectivity index (χ3n) is 4.72. The minimum atomic E-state index is -2.99. The van der Waals surface area contributed by atoms with Gasteiger partial charge in [0, 0.05) is 19.2 Å². The highest BCUT2D eigenvalue weighted by atomic mass is 19.3. The van der Waals surface area contributed by atoms with Crippen molar-refractivity contribution >= 4 is 11.9 Å². The van der Waals surface area contributed by atoms with Gasteiger partial charge in [-0.1, -0.05) is 11.8 Å². The smallest absolute Gasteiger partial charge is 0.293 e. The normalized spacial score (nSPS) is 20.8. The van der Waals surface area contributed by atoms with Crippen molar-refractivity contribution < 1.29 is 27.4 Å². The predicted octanol–water partition coefficient (Wildman–Crippen LogP) is 2.98. The molecule has 30 heavy (non-hydrogen) atoms. The number of rotatable bonds is 6. The van der Waals surface area contributed by atoms with Gasteiger partial charge >= 0.3 is 0 Å². The van der Waals surface area contributed by atoms with E-state index in [4.69, 9.17) is 20.1 Å². The number of hydrogen-bond acceptors (Lipinski definition) is 6. The first-order chi connectivity index (χ1) is 14.3. The molecule has 2 fully saturated rings. The molecule has 1 aromatic rings. The van der Waals surface area contributed by atoms with Crippen LogP contribution < -0.4 is 5.84 Å². The highest BCUT2D eigenvalue weighted by Gasteiger charge is 2.36. The molecular weight excluding hydrogens is 399 g/mol. The zero-order chi connectivity index (χ0) is 21.7. The molecule has 6 nitrogen and oxygen atoms in total. The Bertz CT molecular complexity index is 879. The fourth-order valence-electron chi connectivity index (χ4n) is 2.91. The van der Waals surface area contributed by atoms with Crippen molar-refractivity contribution in [2.24, 2.45) is 21.9 Å². The third kappa shape index (κ3) is 5.81. The van der Waals surface area contributed by atoms with Crippen LogP contribution in [-0.2, 0) is 14.2 Å². The summed E-state index contributed by atoms with van der Waals surface area (Å²) in [5.41, 5.74) is 1.85. The van der Waals surface area contributed by atoms with Crippen LogP contribution in [0.3, 0.4) is 0 Å². The predicted molar refractivity (Wildman–Crippen MR) is 106 cm³/mol. The topological polar surface area (TPSA) is 78.4 Å². The highest BCUT2D eigenvalue weighted by Crippen LogP contribution is 2.29. The maximum Gasteiger partial charge on any atom is 0.293 e. The monoisotopic (exact) mass is 423 g/mol. The van der Waals surface area contributed by atoms with Gasteiger partial charge in [0.05, 0.1) is 12.1 Å². The van der Waals surface area contributed by atoms with Crippen molar-refractivity contribution in [1.82, 2.24) is 0 Å². The molecule has 162 valence electrons. The molecule has 9 heteroatoms. The number of hydrogen-bond donors (Lipinski definition) is 1. The molecule has 1 saturated carbocycles. The largest absolute Gasteiger partial charge is 0.370 e. The first kappa shape index (κ1) is 22.3. The Balaban J connectivity index is 1.73. The zero-order valence-electron chi connectivity index (χ0n) is 16.8. The van der Waals surface area contributed by atoms with E-state index in [9.17, 15) is 13.2 Å². The lowest BCUT2D eigenvalue weighted by Crippen LogP contribution is -2.41. The molecule has 0 amide bonds. The summed E-state index contributed by atoms with van der Waals surface area (Å²) in [5.74, 6) is 8.40. The van der Waals surface area contributed by atoms with Gasteiger partial charge in [-0.2, -0.15) is 5.10 Å². The molecule has 0 bridgehead atoms. The minimum absolute atomic E-state index is 0.00789. The van der Waals surface area contributed by atoms with Crippen LogP contribution in [0.15, 0.2) is 22.2 Å². The van der Waals surface area contributed by atoms with Crippen molar-refractivity contribution in [2.45, 2.75) is 38.1 Å². The van der Waals surface area contributed by atoms with Gasteiger partial charge in [-0.25, -0.2) is 13.2 Å². The van der Waals surface area contributed by atoms with Crippen LogP contribution in [0.2, 0.25) is 0 Å². The Labute approximate surface area is 173 Å². The van der Waals surface area contributed by atoms with Gasteiger partial charge in [0.25, 0.3) is 5.92 Å². The van der Waals surface area contributed by atoms with Crippen LogP contribution in [0.4, 0.5) is 13.2 Å². The molecule has 1 unspecified atom stereocenters. The second kappa shape index (κ2) is 9.60. The van der Waals surface area contributed by atoms with E-state index < -0.39 is 37.3 Å². The lowest BCUT2D eigenvalue weighted by atomic mass is 9.97. The number of hydrazone groups is 1. The van der Waals surface area contributed by atoms with E-state index in [1.165, 1.54) is 19.4 Å². The first-order valence-electron chi connectivity index (χ1n) is 9.56. The van der Waals surface area contributed by atoms with Gasteiger partial charge in [-0.15, -0.1) is 0 Å². The van der Waals surface area contributed by atoms with Gasteiger partial charge in [0.2, 0.25) is 0 Å². The lowest BCUT2D eigenvalue weighted by Gasteiger charge is -2.28. The van der Waals surface area contributed by atoms with Gasteiger partial charge in [0.15, 0.2) is 6.29 Å². The summed E-state index contributed by atoms with van der Waals surface area (Å²) in [7, 11) is 1.47. The van der Waals surface area contributed by atoms with E-state index in [1.807, 2.05) is 0 Å². The summed E-state index contributed by atoms with van der Waals surface area (Å²) < 4.78 is 55.8. The molecule has 1 aromatic carbocycles. The zero-order valence-corrected chi connectivity index (χ0v) is 16.8. The Morgan fingerprint density at radius 2 is 2.07 bits per heavy atom. The Morgan fingerprint density at radius 1 is 1.37 bits per heavy atom. The number of aliphatic imine (C=N–C) groups is 1. The van der Waals surface area contributed by atoms with Crippen molar-refractivity contribution in [2.75, 3.05) is 26.9 Å². The van der Waals surface area contributed by atoms with E-state index in [-0.39, 0.29) is 17.8 Å². The molecule has 3 rings (SSSR count). The standard InChI is InChI=1S/C21H24F3N3O3/c1-13-7-17(22)15(6-5-14-3-4-14)8-16(13)20(28-2)18(27-25)9-26-10-19-29-11-21(23,24)12-30-19/h7-9,14,19-20H,3-4,10-12,25H2,1-2H3/b26-9?,27-18+. The van der Waals surface area contributed by atoms with Crippen molar-refractivity contribution in [3.05, 3.63) is 34.6 Å². The van der Waals surface area contributed by atoms with E-state index in [1.54, 1.807) is 13.0 Å². The summed E-state index contributed by atoms with van der Waals surface area (Å²) in [6.07, 6.45) is 1.86. The van der Waals surface area contributed by atoms with Crippen LogP contribution in [0.1, 0.15) is 35.6 Å². The number of nitrogens with two attached hydrogens (primary N) is 1. The molecule has 2 aliphatic rings. The van der Waals surface area contributed by atoms with Crippen LogP contribution in [0.25, 0.3) is 0 Å². The molecular formula is C21H24F3N3O3. The summed E-state index contributed by atoms with van der Waals surface area (Å²) in [4.78, 5) is 4.13. The summed E-state index contributed by atoms with van der Waals surface area (Å²) in [6.45, 7) is 0.306. The average molecular weight is 423 g/mol. The number of halogens is 3. The minimum Gasteiger partial charge on any atom is -0.370 e. The number of aryl methyl sites for hydroxylation is 1. The third-order valence-corrected chi connectivity index (χ3v) is 4.72. The highest BCUT2D eigenvalue weighted by molar-refractivity contribution is 6.32. The van der Waals surface area contributed by atoms with E-state index in [0.29, 0.717) is 17.0 Å². The molecule has 2 N–H and O–H groups in total. The fourth-order valence-corrected chi connectivity index (χ4v) is 2.91. The van der Waals surface area contributed by atoms with Gasteiger partial charge in [-0.3, -0.25) is 4.99 Å². The van der Waals surface area contributed by atoms with Crippen molar-refractivity contribution in [3.63, 3.8) is 0 Å². The Hall–Kier alpha value is -2.41. The van der Waals surface area contributed by atoms with E-state index in [0.717, 1.165) is 12.8 Å².